The van der Waals surface area contributed by atoms with Crippen molar-refractivity contribution >= 4 is 17.6 Å². The lowest BCUT2D eigenvalue weighted by Crippen LogP contribution is -2.41. The number of carboxylic acid groups (broad SMARTS) is 1. The number of nitrogens with one attached hydrogen (secondary N) is 1. The smallest absolute Gasteiger partial charge is 0.333 e. The molecule has 1 amide bonds. The minimum atomic E-state index is -1.37. The second-order valence-electron chi connectivity index (χ2n) is 4.83. The van der Waals surface area contributed by atoms with Crippen molar-refractivity contribution in [3.63, 3.8) is 0 Å². The fourth-order valence-electron chi connectivity index (χ4n) is 2.10. The molecular formula is C16H16N2O3. The van der Waals surface area contributed by atoms with Crippen LogP contribution in [0.2, 0.25) is 0 Å². The summed E-state index contributed by atoms with van der Waals surface area (Å²) in [6.45, 7) is 1.54. The van der Waals surface area contributed by atoms with E-state index in [1.165, 1.54) is 0 Å². The molecule has 0 saturated heterocycles. The highest BCUT2D eigenvalue weighted by molar-refractivity contribution is 5.99. The standard InChI is InChI=1S/C16H16N2O3/c1-16(15(20)21,11-7-3-2-4-8-11)18-13-10-6-5-9-12(13)14(17)19/h2-10,18H,1H3,(H2,17,19)(H,20,21). The molecule has 2 aromatic rings. The average molecular weight is 284 g/mol. The Morgan fingerprint density at radius 2 is 1.62 bits per heavy atom. The monoisotopic (exact) mass is 284 g/mol. The third kappa shape index (κ3) is 2.86. The maximum absolute atomic E-state index is 11.7. The number of hydrogen-bond acceptors (Lipinski definition) is 3. The molecule has 5 heteroatoms. The van der Waals surface area contributed by atoms with Gasteiger partial charge < -0.3 is 16.2 Å². The number of hydrogen-bond donors (Lipinski definition) is 3. The summed E-state index contributed by atoms with van der Waals surface area (Å²) in [6.07, 6.45) is 0. The van der Waals surface area contributed by atoms with Gasteiger partial charge in [0, 0.05) is 5.69 Å². The lowest BCUT2D eigenvalue weighted by Gasteiger charge is -2.28. The molecule has 0 aliphatic rings. The van der Waals surface area contributed by atoms with Gasteiger partial charge in [-0.2, -0.15) is 0 Å². The van der Waals surface area contributed by atoms with Crippen molar-refractivity contribution in [1.29, 1.82) is 0 Å². The molecule has 2 rings (SSSR count). The quantitative estimate of drug-likeness (QED) is 0.784. The van der Waals surface area contributed by atoms with E-state index in [1.54, 1.807) is 55.5 Å². The first-order chi connectivity index (χ1) is 9.95. The predicted octanol–water partition coefficient (Wildman–Crippen LogP) is 2.20. The molecule has 0 heterocycles. The van der Waals surface area contributed by atoms with Crippen molar-refractivity contribution in [2.75, 3.05) is 5.32 Å². The largest absolute Gasteiger partial charge is 0.479 e. The van der Waals surface area contributed by atoms with Crippen molar-refractivity contribution in [3.8, 4) is 0 Å². The molecule has 108 valence electrons. The Balaban J connectivity index is 2.48. The minimum absolute atomic E-state index is 0.251. The lowest BCUT2D eigenvalue weighted by molar-refractivity contribution is -0.142. The number of primary amides is 1. The van der Waals surface area contributed by atoms with Crippen LogP contribution in [-0.2, 0) is 10.3 Å². The Morgan fingerprint density at radius 1 is 1.05 bits per heavy atom. The van der Waals surface area contributed by atoms with E-state index in [0.29, 0.717) is 11.3 Å². The van der Waals surface area contributed by atoms with E-state index < -0.39 is 17.4 Å². The molecule has 0 spiro atoms. The minimum Gasteiger partial charge on any atom is -0.479 e. The van der Waals surface area contributed by atoms with E-state index in [2.05, 4.69) is 5.32 Å². The molecular weight excluding hydrogens is 268 g/mol. The number of benzene rings is 2. The molecule has 21 heavy (non-hydrogen) atoms. The number of carbonyl (C=O) groups excluding carboxylic acids is 1. The van der Waals surface area contributed by atoms with E-state index >= 15 is 0 Å². The molecule has 2 aromatic carbocycles. The number of amides is 1. The number of anilines is 1. The third-order valence-electron chi connectivity index (χ3n) is 3.36. The molecule has 0 fully saturated rings. The van der Waals surface area contributed by atoms with Crippen molar-refractivity contribution in [1.82, 2.24) is 0 Å². The molecule has 0 aliphatic heterocycles. The van der Waals surface area contributed by atoms with Gasteiger partial charge in [0.15, 0.2) is 5.54 Å². The van der Waals surface area contributed by atoms with Crippen molar-refractivity contribution in [3.05, 3.63) is 65.7 Å². The average Bonchev–Trinajstić information content (AvgIpc) is 2.48. The van der Waals surface area contributed by atoms with Gasteiger partial charge in [0.05, 0.1) is 5.56 Å². The van der Waals surface area contributed by atoms with Gasteiger partial charge in [-0.25, -0.2) is 4.79 Å². The van der Waals surface area contributed by atoms with E-state index in [9.17, 15) is 14.7 Å². The van der Waals surface area contributed by atoms with Crippen LogP contribution in [0.25, 0.3) is 0 Å². The van der Waals surface area contributed by atoms with Crippen molar-refractivity contribution in [2.45, 2.75) is 12.5 Å². The normalized spacial score (nSPS) is 13.2. The van der Waals surface area contributed by atoms with Crippen LogP contribution in [0.15, 0.2) is 54.6 Å². The van der Waals surface area contributed by atoms with Crippen LogP contribution in [0.5, 0.6) is 0 Å². The van der Waals surface area contributed by atoms with E-state index in [-0.39, 0.29) is 5.56 Å². The third-order valence-corrected chi connectivity index (χ3v) is 3.36. The summed E-state index contributed by atoms with van der Waals surface area (Å²) in [7, 11) is 0. The van der Waals surface area contributed by atoms with Crippen LogP contribution in [0.4, 0.5) is 5.69 Å². The van der Waals surface area contributed by atoms with E-state index in [0.717, 1.165) is 0 Å². The summed E-state index contributed by atoms with van der Waals surface area (Å²) >= 11 is 0. The zero-order chi connectivity index (χ0) is 15.5. The highest BCUT2D eigenvalue weighted by Gasteiger charge is 2.35. The molecule has 4 N–H and O–H groups in total. The van der Waals surface area contributed by atoms with Crippen LogP contribution in [0.1, 0.15) is 22.8 Å². The molecule has 1 unspecified atom stereocenters. The highest BCUT2D eigenvalue weighted by Crippen LogP contribution is 2.28. The lowest BCUT2D eigenvalue weighted by atomic mass is 9.91. The van der Waals surface area contributed by atoms with Gasteiger partial charge in [0.2, 0.25) is 0 Å². The maximum Gasteiger partial charge on any atom is 0.333 e. The van der Waals surface area contributed by atoms with Crippen LogP contribution < -0.4 is 11.1 Å². The van der Waals surface area contributed by atoms with Gasteiger partial charge in [-0.15, -0.1) is 0 Å². The summed E-state index contributed by atoms with van der Waals surface area (Å²) in [4.78, 5) is 23.2. The van der Waals surface area contributed by atoms with Gasteiger partial charge in [0.25, 0.3) is 5.91 Å². The Morgan fingerprint density at radius 3 is 2.19 bits per heavy atom. The van der Waals surface area contributed by atoms with Gasteiger partial charge in [-0.05, 0) is 24.6 Å². The summed E-state index contributed by atoms with van der Waals surface area (Å²) in [5.41, 5.74) is 5.17. The first kappa shape index (κ1) is 14.6. The number of para-hydroxylation sites is 1. The van der Waals surface area contributed by atoms with Crippen molar-refractivity contribution < 1.29 is 14.7 Å². The summed E-state index contributed by atoms with van der Waals surface area (Å²) in [5, 5.41) is 12.5. The summed E-state index contributed by atoms with van der Waals surface area (Å²) < 4.78 is 0. The van der Waals surface area contributed by atoms with Gasteiger partial charge in [-0.3, -0.25) is 4.79 Å². The van der Waals surface area contributed by atoms with E-state index in [1.807, 2.05) is 6.07 Å². The fraction of sp³-hybridized carbons (Fsp3) is 0.125. The number of aliphatic carboxylic acids is 1. The molecule has 0 aromatic heterocycles. The Kier molecular flexibility index (Phi) is 3.93. The number of carbonyl (C=O) groups is 2. The molecule has 1 atom stereocenters. The molecule has 0 radical (unpaired) electrons. The molecule has 0 bridgehead atoms. The van der Waals surface area contributed by atoms with E-state index in [4.69, 9.17) is 5.73 Å². The van der Waals surface area contributed by atoms with Crippen LogP contribution in [0, 0.1) is 0 Å². The second kappa shape index (κ2) is 5.66. The van der Waals surface area contributed by atoms with Crippen molar-refractivity contribution in [2.24, 2.45) is 5.73 Å². The van der Waals surface area contributed by atoms with Crippen LogP contribution in [0.3, 0.4) is 0 Å². The molecule has 0 saturated carbocycles. The number of carboxylic acids is 1. The number of rotatable bonds is 5. The number of nitrogens with two attached hydrogens (primary N) is 1. The Bertz CT molecular complexity index is 670. The second-order valence-corrected chi connectivity index (χ2v) is 4.83. The molecule has 0 aliphatic carbocycles. The summed E-state index contributed by atoms with van der Waals surface area (Å²) in [5.74, 6) is -1.66. The molecule has 5 nitrogen and oxygen atoms in total. The summed E-state index contributed by atoms with van der Waals surface area (Å²) in [6, 6.07) is 15.3. The Labute approximate surface area is 122 Å². The van der Waals surface area contributed by atoms with Gasteiger partial charge in [0.1, 0.15) is 0 Å². The zero-order valence-electron chi connectivity index (χ0n) is 11.5. The topological polar surface area (TPSA) is 92.4 Å². The van der Waals surface area contributed by atoms with Crippen LogP contribution in [-0.4, -0.2) is 17.0 Å². The van der Waals surface area contributed by atoms with Crippen LogP contribution >= 0.6 is 0 Å². The first-order valence-corrected chi connectivity index (χ1v) is 6.41. The predicted molar refractivity (Wildman–Crippen MR) is 80.0 cm³/mol. The van der Waals surface area contributed by atoms with Gasteiger partial charge >= 0.3 is 5.97 Å². The first-order valence-electron chi connectivity index (χ1n) is 6.41. The fourth-order valence-corrected chi connectivity index (χ4v) is 2.10. The zero-order valence-corrected chi connectivity index (χ0v) is 11.5. The Hall–Kier alpha value is -2.82. The highest BCUT2D eigenvalue weighted by atomic mass is 16.4. The maximum atomic E-state index is 11.7. The SMILES string of the molecule is CC(Nc1ccccc1C(N)=O)(C(=O)O)c1ccccc1. The van der Waals surface area contributed by atoms with Gasteiger partial charge in [-0.1, -0.05) is 42.5 Å².